The molecule has 0 amide bonds. The number of hydrogen-bond donors (Lipinski definition) is 3. The molecule has 8 bridgehead atoms. The van der Waals surface area contributed by atoms with Crippen LogP contribution in [0.25, 0.3) is 11.3 Å². The van der Waals surface area contributed by atoms with Crippen molar-refractivity contribution in [3.63, 3.8) is 0 Å². The first-order valence-electron chi connectivity index (χ1n) is 18.0. The maximum Gasteiger partial charge on any atom is 1.00 e. The summed E-state index contributed by atoms with van der Waals surface area (Å²) in [6.45, 7) is -0.0213. The number of aliphatic hydroxyl groups excluding tert-OH is 1. The van der Waals surface area contributed by atoms with E-state index >= 15 is 0 Å². The van der Waals surface area contributed by atoms with E-state index in [1.807, 2.05) is 0 Å². The molecule has 0 heterocycles. The maximum absolute atomic E-state index is 11.6. The Bertz CT molecular complexity index is 1800. The summed E-state index contributed by atoms with van der Waals surface area (Å²) in [7, 11) is -8.54. The van der Waals surface area contributed by atoms with Gasteiger partial charge in [0, 0.05) is 5.56 Å². The Balaban J connectivity index is 0.00000180. The molecule has 12 nitrogen and oxygen atoms in total. The second kappa shape index (κ2) is 20.1. The number of rotatable bonds is 12. The first-order chi connectivity index (χ1) is 25.1. The molecule has 20 heteroatoms. The van der Waals surface area contributed by atoms with Gasteiger partial charge in [0.1, 0.15) is 26.1 Å². The van der Waals surface area contributed by atoms with Gasteiger partial charge in [-0.05, 0) is 147 Å². The fourth-order valence-electron chi connectivity index (χ4n) is 11.4. The van der Waals surface area contributed by atoms with E-state index < -0.39 is 15.6 Å². The van der Waals surface area contributed by atoms with Crippen LogP contribution in [0.3, 0.4) is 0 Å². The van der Waals surface area contributed by atoms with Crippen LogP contribution in [-0.2, 0) is 23.3 Å². The summed E-state index contributed by atoms with van der Waals surface area (Å²) in [5.41, 5.74) is 3.73. The van der Waals surface area contributed by atoms with E-state index in [9.17, 15) is 33.8 Å². The van der Waals surface area contributed by atoms with Gasteiger partial charge in [-0.2, -0.15) is 0 Å². The molecule has 0 radical (unpaired) electrons. The molecule has 0 saturated heterocycles. The van der Waals surface area contributed by atoms with E-state index in [0.717, 1.165) is 69.8 Å². The van der Waals surface area contributed by atoms with Gasteiger partial charge in [-0.1, -0.05) is 34.8 Å². The van der Waals surface area contributed by atoms with Crippen molar-refractivity contribution in [2.75, 3.05) is 20.5 Å². The Morgan fingerprint density at radius 2 is 1.16 bits per heavy atom. The molecule has 8 aliphatic rings. The van der Waals surface area contributed by atoms with E-state index in [1.165, 1.54) is 35.4 Å². The Kier molecular flexibility index (Phi) is 18.2. The van der Waals surface area contributed by atoms with Crippen molar-refractivity contribution in [2.24, 2.45) is 35.5 Å². The average Bonchev–Trinajstić information content (AvgIpc) is 3.05. The average molecular weight is 904 g/mol. The van der Waals surface area contributed by atoms with Gasteiger partial charge in [0.05, 0.1) is 35.0 Å². The number of phosphoric acid groups is 2. The summed E-state index contributed by atoms with van der Waals surface area (Å²) >= 11 is 12.3. The van der Waals surface area contributed by atoms with Crippen LogP contribution in [-0.4, -0.2) is 46.6 Å². The van der Waals surface area contributed by atoms with Gasteiger partial charge in [0.15, 0.2) is 5.75 Å². The number of benzene rings is 2. The van der Waals surface area contributed by atoms with E-state index in [4.69, 9.17) is 41.9 Å². The zero-order valence-electron chi connectivity index (χ0n) is 33.1. The largest absolute Gasteiger partial charge is 1.00 e. The van der Waals surface area contributed by atoms with E-state index in [1.54, 1.807) is 19.2 Å². The van der Waals surface area contributed by atoms with Gasteiger partial charge >= 0.3 is 126 Å². The third-order valence-electron chi connectivity index (χ3n) is 12.6. The van der Waals surface area contributed by atoms with E-state index in [-0.39, 0.29) is 188 Å². The molecule has 10 rings (SSSR count). The Morgan fingerprint density at radius 3 is 1.60 bits per heavy atom. The summed E-state index contributed by atoms with van der Waals surface area (Å²) < 4.78 is 51.9. The fourth-order valence-corrected chi connectivity index (χ4v) is 12.6. The van der Waals surface area contributed by atoms with Gasteiger partial charge in [-0.25, -0.2) is 4.57 Å². The summed E-state index contributed by atoms with van der Waals surface area (Å²) in [5, 5.41) is 10.7. The number of ether oxygens (including phenoxy) is 3. The minimum atomic E-state index is -5.31. The van der Waals surface area contributed by atoms with Crippen molar-refractivity contribution in [3.05, 3.63) is 68.7 Å². The normalized spacial score (nSPS) is 30.4. The number of allylic oxidation sites excluding steroid dienone is 2. The number of phosphoric ester groups is 2. The molecule has 2 aromatic rings. The SMILES string of the molecule is COC(=C1C2CC3CC1CC(OCOC14CC5CC(C1)C(=C(CO)c1ccc(Cl)c(OP(=O)(O)O)c1)C(C5)C4)(C3)C2)c1ccc(Cl)c(OP(=O)([O-])[O-])c1.[Na+].[Na+].[Na+].[Na+]. The monoisotopic (exact) mass is 902 g/mol. The Labute approximate surface area is 431 Å². The quantitative estimate of drug-likeness (QED) is 0.0797. The van der Waals surface area contributed by atoms with E-state index in [2.05, 4.69) is 4.52 Å². The van der Waals surface area contributed by atoms with Gasteiger partial charge in [-0.15, -0.1) is 0 Å². The van der Waals surface area contributed by atoms with E-state index in [0.29, 0.717) is 28.7 Å². The van der Waals surface area contributed by atoms with Crippen molar-refractivity contribution < 1.29 is 175 Å². The van der Waals surface area contributed by atoms with Crippen molar-refractivity contribution in [1.29, 1.82) is 0 Å². The molecule has 8 fully saturated rings. The minimum absolute atomic E-state index is 0. The van der Waals surface area contributed by atoms with Crippen LogP contribution < -0.4 is 137 Å². The maximum atomic E-state index is 11.6. The number of aliphatic hydroxyl groups is 1. The smallest absolute Gasteiger partial charge is 0.780 e. The fraction of sp³-hybridized carbons (Fsp3) is 0.568. The van der Waals surface area contributed by atoms with Crippen LogP contribution in [0.5, 0.6) is 11.5 Å². The third-order valence-corrected chi connectivity index (χ3v) is 14.1. The molecular formula is C37H42Cl2Na4O12P2+2. The van der Waals surface area contributed by atoms with Crippen molar-refractivity contribution in [1.82, 2.24) is 0 Å². The van der Waals surface area contributed by atoms with Crippen LogP contribution in [0.15, 0.2) is 47.5 Å². The molecule has 288 valence electrons. The van der Waals surface area contributed by atoms with Gasteiger partial charge in [-0.3, -0.25) is 9.79 Å². The van der Waals surface area contributed by atoms with Crippen molar-refractivity contribution in [2.45, 2.75) is 75.4 Å². The molecule has 0 aromatic heterocycles. The van der Waals surface area contributed by atoms with Gasteiger partial charge in [0.2, 0.25) is 0 Å². The first-order valence-corrected chi connectivity index (χ1v) is 21.8. The summed E-state index contributed by atoms with van der Waals surface area (Å²) in [5.74, 6) is 2.16. The number of halogens is 2. The molecule has 0 spiro atoms. The second-order valence-electron chi connectivity index (χ2n) is 16.0. The Hall–Kier alpha value is 2.08. The molecule has 4 atom stereocenters. The summed E-state index contributed by atoms with van der Waals surface area (Å²) in [4.78, 5) is 41.5. The van der Waals surface area contributed by atoms with Gasteiger partial charge < -0.3 is 42.7 Å². The van der Waals surface area contributed by atoms with Crippen LogP contribution >= 0.6 is 38.8 Å². The van der Waals surface area contributed by atoms with Crippen LogP contribution in [0.4, 0.5) is 0 Å². The molecule has 4 unspecified atom stereocenters. The zero-order chi connectivity index (χ0) is 37.5. The first kappa shape index (κ1) is 51.7. The summed E-state index contributed by atoms with van der Waals surface area (Å²) in [6.07, 6.45) is 9.23. The molecule has 2 aromatic carbocycles. The molecule has 57 heavy (non-hydrogen) atoms. The van der Waals surface area contributed by atoms with Crippen molar-refractivity contribution >= 4 is 50.2 Å². The molecule has 8 aliphatic carbocycles. The minimum Gasteiger partial charge on any atom is -0.780 e. The molecule has 0 aliphatic heterocycles. The Morgan fingerprint density at radius 1 is 0.719 bits per heavy atom. The summed E-state index contributed by atoms with van der Waals surface area (Å²) in [6, 6.07) is 9.48. The second-order valence-corrected chi connectivity index (χ2v) is 19.0. The van der Waals surface area contributed by atoms with Crippen LogP contribution in [0.1, 0.15) is 75.3 Å². The predicted molar refractivity (Wildman–Crippen MR) is 191 cm³/mol. The topological polar surface area (TPSA) is 187 Å². The van der Waals surface area contributed by atoms with Crippen molar-refractivity contribution in [3.8, 4) is 11.5 Å². The number of methoxy groups -OCH3 is 1. The van der Waals surface area contributed by atoms with Crippen LogP contribution in [0.2, 0.25) is 10.0 Å². The standard InChI is InChI=1S/C37H44Cl2O12P2.4Na/c1-47-35(23-3-5-30(39)32(11-23)51-53(44,45)46)34-26-8-21-9-27(34)17-37(13-21,16-26)49-19-48-36-12-20-6-24(14-36)33(25(7-20)15-36)28(18-40)22-2-4-29(38)31(10-22)50-52(41,42)43;;;;/h2-5,10-11,20-21,24-27,40H,6-9,12-19H2,1H3,(H2,41,42,43)(H2,44,45,46);;;;/q;4*+1/p-2. The molecule has 8 saturated carbocycles. The molecule has 3 N–H and O–H groups in total. The zero-order valence-corrected chi connectivity index (χ0v) is 44.4. The third kappa shape index (κ3) is 11.1. The van der Waals surface area contributed by atoms with Gasteiger partial charge in [0.25, 0.3) is 0 Å². The number of hydrogen-bond acceptors (Lipinski definition) is 10. The van der Waals surface area contributed by atoms with Crippen LogP contribution in [0, 0.1) is 35.5 Å². The molecular weight excluding hydrogens is 861 g/mol. The predicted octanol–water partition coefficient (Wildman–Crippen LogP) is -5.36.